The molecule has 1 N–H and O–H groups in total. The Morgan fingerprint density at radius 3 is 3.08 bits per heavy atom. The average Bonchev–Trinajstić information content (AvgIpc) is 2.85. The smallest absolute Gasteiger partial charge is 0.0178 e. The van der Waals surface area contributed by atoms with Crippen LogP contribution in [0.3, 0.4) is 0 Å². The Balaban J connectivity index is 2.03. The third-order valence-electron chi connectivity index (χ3n) is 2.67. The van der Waals surface area contributed by atoms with E-state index in [0.29, 0.717) is 0 Å². The molecule has 0 radical (unpaired) electrons. The highest BCUT2D eigenvalue weighted by atomic mass is 79.9. The molecule has 1 aromatic rings. The molecule has 0 aliphatic heterocycles. The summed E-state index contributed by atoms with van der Waals surface area (Å²) in [5.41, 5.74) is 1.48. The second-order valence-corrected chi connectivity index (χ2v) is 4.63. The lowest BCUT2D eigenvalue weighted by Gasteiger charge is -2.00. The number of hydrogen-bond donors (Lipinski definition) is 1. The van der Waals surface area contributed by atoms with Gasteiger partial charge in [-0.25, -0.2) is 0 Å². The first kappa shape index (κ1) is 9.22. The standard InChI is InChI=1S/C11H14BrN/c1-13-7-9-6-11(9)8-3-2-4-10(12)5-8/h2-5,9,11,13H,6-7H2,1H3/t9-,11+/m1/s1. The van der Waals surface area contributed by atoms with Crippen LogP contribution in [0.4, 0.5) is 0 Å². The van der Waals surface area contributed by atoms with Crippen molar-refractivity contribution in [2.75, 3.05) is 13.6 Å². The topological polar surface area (TPSA) is 12.0 Å². The van der Waals surface area contributed by atoms with Crippen LogP contribution in [0.25, 0.3) is 0 Å². The number of rotatable bonds is 3. The van der Waals surface area contributed by atoms with Crippen molar-refractivity contribution in [1.82, 2.24) is 5.32 Å². The quantitative estimate of drug-likeness (QED) is 0.856. The normalized spacial score (nSPS) is 26.0. The van der Waals surface area contributed by atoms with Crippen LogP contribution in [0.15, 0.2) is 28.7 Å². The zero-order valence-corrected chi connectivity index (χ0v) is 9.34. The fourth-order valence-electron chi connectivity index (χ4n) is 1.88. The van der Waals surface area contributed by atoms with Crippen LogP contribution in [0, 0.1) is 5.92 Å². The zero-order valence-electron chi connectivity index (χ0n) is 7.76. The van der Waals surface area contributed by atoms with E-state index in [1.807, 2.05) is 7.05 Å². The van der Waals surface area contributed by atoms with Crippen molar-refractivity contribution in [1.29, 1.82) is 0 Å². The highest BCUT2D eigenvalue weighted by Crippen LogP contribution is 2.47. The summed E-state index contributed by atoms with van der Waals surface area (Å²) in [6, 6.07) is 8.67. The molecule has 1 fully saturated rings. The van der Waals surface area contributed by atoms with Gasteiger partial charge in [-0.1, -0.05) is 28.1 Å². The first-order valence-corrected chi connectivity index (χ1v) is 5.50. The van der Waals surface area contributed by atoms with Crippen LogP contribution in [0.2, 0.25) is 0 Å². The van der Waals surface area contributed by atoms with Gasteiger partial charge in [0.15, 0.2) is 0 Å². The SMILES string of the molecule is CNC[C@H]1C[C@H]1c1cccc(Br)c1. The molecule has 0 bridgehead atoms. The van der Waals surface area contributed by atoms with Gasteiger partial charge in [-0.2, -0.15) is 0 Å². The summed E-state index contributed by atoms with van der Waals surface area (Å²) >= 11 is 3.50. The Hall–Kier alpha value is -0.340. The van der Waals surface area contributed by atoms with Crippen LogP contribution < -0.4 is 5.32 Å². The Morgan fingerprint density at radius 2 is 2.38 bits per heavy atom. The van der Waals surface area contributed by atoms with E-state index in [1.165, 1.54) is 16.5 Å². The number of hydrogen-bond acceptors (Lipinski definition) is 1. The predicted octanol–water partition coefficient (Wildman–Crippen LogP) is 2.77. The monoisotopic (exact) mass is 239 g/mol. The van der Waals surface area contributed by atoms with Gasteiger partial charge in [-0.15, -0.1) is 0 Å². The molecular weight excluding hydrogens is 226 g/mol. The van der Waals surface area contributed by atoms with Crippen LogP contribution in [-0.2, 0) is 0 Å². The van der Waals surface area contributed by atoms with E-state index in [0.717, 1.165) is 18.4 Å². The molecule has 2 rings (SSSR count). The summed E-state index contributed by atoms with van der Waals surface area (Å²) in [7, 11) is 2.02. The van der Waals surface area contributed by atoms with Gasteiger partial charge in [0.1, 0.15) is 0 Å². The molecule has 0 spiro atoms. The number of benzene rings is 1. The lowest BCUT2D eigenvalue weighted by Crippen LogP contribution is -2.10. The second kappa shape index (κ2) is 3.81. The maximum Gasteiger partial charge on any atom is 0.0178 e. The van der Waals surface area contributed by atoms with E-state index >= 15 is 0 Å². The summed E-state index contributed by atoms with van der Waals surface area (Å²) in [5.74, 6) is 1.66. The van der Waals surface area contributed by atoms with Gasteiger partial charge in [0.2, 0.25) is 0 Å². The Kier molecular flexibility index (Phi) is 2.70. The fraction of sp³-hybridized carbons (Fsp3) is 0.455. The fourth-order valence-corrected chi connectivity index (χ4v) is 2.30. The summed E-state index contributed by atoms with van der Waals surface area (Å²) in [6.45, 7) is 1.15. The first-order valence-electron chi connectivity index (χ1n) is 4.71. The minimum atomic E-state index is 0.796. The average molecular weight is 240 g/mol. The lowest BCUT2D eigenvalue weighted by molar-refractivity contribution is 0.698. The van der Waals surface area contributed by atoms with Crippen LogP contribution in [0.5, 0.6) is 0 Å². The second-order valence-electron chi connectivity index (χ2n) is 3.71. The van der Waals surface area contributed by atoms with Gasteiger partial charge in [0, 0.05) is 4.47 Å². The van der Waals surface area contributed by atoms with Crippen molar-refractivity contribution in [2.24, 2.45) is 5.92 Å². The summed E-state index contributed by atoms with van der Waals surface area (Å²) in [6.07, 6.45) is 1.34. The highest BCUT2D eigenvalue weighted by Gasteiger charge is 2.37. The molecule has 70 valence electrons. The molecule has 1 aliphatic rings. The van der Waals surface area contributed by atoms with Crippen molar-refractivity contribution in [3.05, 3.63) is 34.3 Å². The maximum atomic E-state index is 3.50. The molecule has 0 aromatic heterocycles. The largest absolute Gasteiger partial charge is 0.319 e. The molecule has 0 amide bonds. The lowest BCUT2D eigenvalue weighted by atomic mass is 10.1. The summed E-state index contributed by atoms with van der Waals surface area (Å²) in [4.78, 5) is 0. The van der Waals surface area contributed by atoms with Crippen LogP contribution in [-0.4, -0.2) is 13.6 Å². The Bertz CT molecular complexity index is 298. The predicted molar refractivity (Wildman–Crippen MR) is 58.9 cm³/mol. The third-order valence-corrected chi connectivity index (χ3v) is 3.16. The first-order chi connectivity index (χ1) is 6.31. The van der Waals surface area contributed by atoms with Crippen molar-refractivity contribution in [3.8, 4) is 0 Å². The van der Waals surface area contributed by atoms with Crippen molar-refractivity contribution >= 4 is 15.9 Å². The highest BCUT2D eigenvalue weighted by molar-refractivity contribution is 9.10. The molecular formula is C11H14BrN. The molecule has 1 saturated carbocycles. The molecule has 0 unspecified atom stereocenters. The minimum Gasteiger partial charge on any atom is -0.319 e. The molecule has 0 heterocycles. The van der Waals surface area contributed by atoms with Crippen molar-refractivity contribution in [3.63, 3.8) is 0 Å². The molecule has 2 atom stereocenters. The van der Waals surface area contributed by atoms with Gasteiger partial charge in [0.05, 0.1) is 0 Å². The number of nitrogens with one attached hydrogen (secondary N) is 1. The maximum absolute atomic E-state index is 3.50. The summed E-state index contributed by atoms with van der Waals surface area (Å²) in [5, 5.41) is 3.23. The van der Waals surface area contributed by atoms with Gasteiger partial charge >= 0.3 is 0 Å². The minimum absolute atomic E-state index is 0.796. The molecule has 2 heteroatoms. The van der Waals surface area contributed by atoms with Gasteiger partial charge in [-0.05, 0) is 49.5 Å². The van der Waals surface area contributed by atoms with E-state index in [-0.39, 0.29) is 0 Å². The van der Waals surface area contributed by atoms with E-state index < -0.39 is 0 Å². The molecule has 1 nitrogen and oxygen atoms in total. The van der Waals surface area contributed by atoms with Crippen LogP contribution in [0.1, 0.15) is 17.9 Å². The molecule has 1 aromatic carbocycles. The molecule has 0 saturated heterocycles. The Morgan fingerprint density at radius 1 is 1.54 bits per heavy atom. The van der Waals surface area contributed by atoms with E-state index in [2.05, 4.69) is 45.5 Å². The van der Waals surface area contributed by atoms with E-state index in [1.54, 1.807) is 0 Å². The molecule has 1 aliphatic carbocycles. The number of halogens is 1. The van der Waals surface area contributed by atoms with E-state index in [9.17, 15) is 0 Å². The van der Waals surface area contributed by atoms with Crippen molar-refractivity contribution in [2.45, 2.75) is 12.3 Å². The summed E-state index contributed by atoms with van der Waals surface area (Å²) < 4.78 is 1.19. The van der Waals surface area contributed by atoms with Crippen molar-refractivity contribution < 1.29 is 0 Å². The van der Waals surface area contributed by atoms with Gasteiger partial charge in [0.25, 0.3) is 0 Å². The zero-order chi connectivity index (χ0) is 9.26. The van der Waals surface area contributed by atoms with E-state index in [4.69, 9.17) is 0 Å². The van der Waals surface area contributed by atoms with Crippen LogP contribution >= 0.6 is 15.9 Å². The van der Waals surface area contributed by atoms with Gasteiger partial charge in [-0.3, -0.25) is 0 Å². The van der Waals surface area contributed by atoms with Gasteiger partial charge < -0.3 is 5.32 Å². The molecule has 13 heavy (non-hydrogen) atoms. The Labute approximate surface area is 87.7 Å². The third kappa shape index (κ3) is 2.12.